The molecule has 1 aliphatic carbocycles. The lowest BCUT2D eigenvalue weighted by atomic mass is 9.74. The van der Waals surface area contributed by atoms with Crippen molar-refractivity contribution in [2.45, 2.75) is 57.6 Å². The van der Waals surface area contributed by atoms with Crippen LogP contribution in [0.4, 0.5) is 4.39 Å². The monoisotopic (exact) mass is 213 g/mol. The van der Waals surface area contributed by atoms with Crippen LogP contribution in [-0.4, -0.2) is 29.7 Å². The standard InChI is InChI=1S/C13H22FN/c1-10(2)7-13-8-11(14)9-15(13)6-5-12(13)3-4-12/h10-11H,3-9H2,1-2H3/t11-,13-/m1/s1/i7D2. The number of nitrogens with zero attached hydrogens (tertiary/aromatic N) is 1. The third kappa shape index (κ3) is 1.23. The lowest BCUT2D eigenvalue weighted by Gasteiger charge is -2.39. The Hall–Kier alpha value is -0.110. The summed E-state index contributed by atoms with van der Waals surface area (Å²) >= 11 is 0. The van der Waals surface area contributed by atoms with Crippen molar-refractivity contribution in [2.24, 2.45) is 11.3 Å². The van der Waals surface area contributed by atoms with E-state index in [1.165, 1.54) is 0 Å². The summed E-state index contributed by atoms with van der Waals surface area (Å²) in [7, 11) is 0. The first-order valence-corrected chi connectivity index (χ1v) is 6.25. The fourth-order valence-corrected chi connectivity index (χ4v) is 3.89. The molecule has 1 saturated carbocycles. The summed E-state index contributed by atoms with van der Waals surface area (Å²) < 4.78 is 30.9. The van der Waals surface area contributed by atoms with Crippen molar-refractivity contribution in [3.63, 3.8) is 0 Å². The summed E-state index contributed by atoms with van der Waals surface area (Å²) in [5.74, 6) is -0.0501. The predicted molar refractivity (Wildman–Crippen MR) is 59.6 cm³/mol. The van der Waals surface area contributed by atoms with Gasteiger partial charge in [0.25, 0.3) is 0 Å². The van der Waals surface area contributed by atoms with Gasteiger partial charge in [0, 0.05) is 14.8 Å². The van der Waals surface area contributed by atoms with Crippen LogP contribution < -0.4 is 0 Å². The minimum absolute atomic E-state index is 0.0501. The molecule has 2 atom stereocenters. The second kappa shape index (κ2) is 2.97. The van der Waals surface area contributed by atoms with E-state index in [4.69, 9.17) is 2.74 Å². The first kappa shape index (κ1) is 8.05. The topological polar surface area (TPSA) is 3.24 Å². The minimum atomic E-state index is -1.28. The van der Waals surface area contributed by atoms with Crippen LogP contribution in [0.5, 0.6) is 0 Å². The van der Waals surface area contributed by atoms with E-state index in [1.807, 2.05) is 13.8 Å². The van der Waals surface area contributed by atoms with Crippen molar-refractivity contribution in [1.82, 2.24) is 4.90 Å². The van der Waals surface area contributed by atoms with Crippen LogP contribution in [0.3, 0.4) is 0 Å². The maximum atomic E-state index is 13.8. The highest BCUT2D eigenvalue weighted by Gasteiger charge is 2.67. The van der Waals surface area contributed by atoms with Crippen molar-refractivity contribution in [3.8, 4) is 0 Å². The van der Waals surface area contributed by atoms with Gasteiger partial charge in [-0.05, 0) is 49.9 Å². The largest absolute Gasteiger partial charge is 0.294 e. The van der Waals surface area contributed by atoms with E-state index in [9.17, 15) is 4.39 Å². The van der Waals surface area contributed by atoms with E-state index in [2.05, 4.69) is 4.90 Å². The van der Waals surface area contributed by atoms with Crippen LogP contribution in [0.25, 0.3) is 0 Å². The lowest BCUT2D eigenvalue weighted by Crippen LogP contribution is -2.45. The zero-order chi connectivity index (χ0) is 12.5. The van der Waals surface area contributed by atoms with Gasteiger partial charge in [-0.15, -0.1) is 0 Å². The van der Waals surface area contributed by atoms with Crippen LogP contribution in [-0.2, 0) is 0 Å². The molecule has 0 aromatic rings. The molecule has 86 valence electrons. The van der Waals surface area contributed by atoms with Crippen LogP contribution in [0, 0.1) is 11.3 Å². The van der Waals surface area contributed by atoms with Gasteiger partial charge in [-0.1, -0.05) is 13.8 Å². The van der Waals surface area contributed by atoms with Gasteiger partial charge in [0.2, 0.25) is 0 Å². The number of rotatable bonds is 2. The molecule has 2 saturated heterocycles. The SMILES string of the molecule is [2H]C([2H])(C(C)C)[C@]12C[C@@H](F)CN1CCC21CC1. The highest BCUT2D eigenvalue weighted by molar-refractivity contribution is 5.21. The number of fused-ring (bicyclic) bond motifs is 2. The Bertz CT molecular complexity index is 340. The smallest absolute Gasteiger partial charge is 0.115 e. The molecule has 0 N–H and O–H groups in total. The summed E-state index contributed by atoms with van der Waals surface area (Å²) in [6.45, 7) is 5.22. The molecular weight excluding hydrogens is 189 g/mol. The molecule has 2 heteroatoms. The molecule has 0 bridgehead atoms. The van der Waals surface area contributed by atoms with E-state index < -0.39 is 18.1 Å². The van der Waals surface area contributed by atoms with Gasteiger partial charge in [-0.25, -0.2) is 4.39 Å². The van der Waals surface area contributed by atoms with Crippen molar-refractivity contribution in [2.75, 3.05) is 13.1 Å². The van der Waals surface area contributed by atoms with Crippen LogP contribution in [0.1, 0.15) is 48.6 Å². The maximum absolute atomic E-state index is 13.8. The molecule has 3 aliphatic rings. The summed E-state index contributed by atoms with van der Waals surface area (Å²) in [6, 6.07) is 0. The second-order valence-corrected chi connectivity index (χ2v) is 5.94. The Morgan fingerprint density at radius 1 is 1.47 bits per heavy atom. The van der Waals surface area contributed by atoms with E-state index in [-0.39, 0.29) is 11.3 Å². The molecule has 3 fully saturated rings. The molecule has 3 rings (SSSR count). The van der Waals surface area contributed by atoms with Crippen molar-refractivity contribution >= 4 is 0 Å². The van der Waals surface area contributed by atoms with Gasteiger partial charge in [-0.3, -0.25) is 4.90 Å². The Kier molecular flexibility index (Phi) is 1.59. The summed E-state index contributed by atoms with van der Waals surface area (Å²) in [5, 5.41) is 0. The van der Waals surface area contributed by atoms with Crippen molar-refractivity contribution in [1.29, 1.82) is 0 Å². The fraction of sp³-hybridized carbons (Fsp3) is 1.00. The lowest BCUT2D eigenvalue weighted by molar-refractivity contribution is 0.107. The predicted octanol–water partition coefficient (Wildman–Crippen LogP) is 3.00. The quantitative estimate of drug-likeness (QED) is 0.681. The average Bonchev–Trinajstić information content (AvgIpc) is 2.85. The van der Waals surface area contributed by atoms with Gasteiger partial charge in [-0.2, -0.15) is 0 Å². The van der Waals surface area contributed by atoms with E-state index >= 15 is 0 Å². The van der Waals surface area contributed by atoms with Gasteiger partial charge >= 0.3 is 0 Å². The molecule has 0 amide bonds. The van der Waals surface area contributed by atoms with Gasteiger partial charge in [0.05, 0.1) is 0 Å². The first-order chi connectivity index (χ1) is 7.86. The molecule has 0 aromatic carbocycles. The van der Waals surface area contributed by atoms with Crippen LogP contribution >= 0.6 is 0 Å². The minimum Gasteiger partial charge on any atom is -0.294 e. The zero-order valence-electron chi connectivity index (χ0n) is 11.7. The molecule has 0 radical (unpaired) electrons. The van der Waals surface area contributed by atoms with Gasteiger partial charge in [0.1, 0.15) is 6.17 Å². The Balaban J connectivity index is 2.07. The van der Waals surface area contributed by atoms with E-state index in [0.29, 0.717) is 13.0 Å². The summed E-state index contributed by atoms with van der Waals surface area (Å²) in [5.41, 5.74) is -0.408. The Morgan fingerprint density at radius 3 is 2.80 bits per heavy atom. The number of hydrogen-bond donors (Lipinski definition) is 0. The molecule has 0 aromatic heterocycles. The highest BCUT2D eigenvalue weighted by Crippen LogP contribution is 2.67. The Labute approximate surface area is 94.8 Å². The summed E-state index contributed by atoms with van der Waals surface area (Å²) in [6.07, 6.45) is 1.58. The first-order valence-electron chi connectivity index (χ1n) is 7.25. The van der Waals surface area contributed by atoms with Crippen LogP contribution in [0.2, 0.25) is 0 Å². The molecule has 2 heterocycles. The molecule has 2 aliphatic heterocycles. The normalized spacial score (nSPS) is 45.7. The third-order valence-electron chi connectivity index (χ3n) is 4.59. The van der Waals surface area contributed by atoms with Gasteiger partial charge < -0.3 is 0 Å². The average molecular weight is 213 g/mol. The van der Waals surface area contributed by atoms with Crippen molar-refractivity contribution in [3.05, 3.63) is 0 Å². The fourth-order valence-electron chi connectivity index (χ4n) is 3.89. The molecule has 1 nitrogen and oxygen atoms in total. The maximum Gasteiger partial charge on any atom is 0.115 e. The number of alkyl halides is 1. The zero-order valence-corrected chi connectivity index (χ0v) is 9.72. The van der Waals surface area contributed by atoms with Crippen molar-refractivity contribution < 1.29 is 7.13 Å². The summed E-state index contributed by atoms with van der Waals surface area (Å²) in [4.78, 5) is 2.14. The highest BCUT2D eigenvalue weighted by atomic mass is 19.1. The van der Waals surface area contributed by atoms with Gasteiger partial charge in [0.15, 0.2) is 0 Å². The Morgan fingerprint density at radius 2 is 2.20 bits per heavy atom. The molecular formula is C13H22FN. The molecule has 15 heavy (non-hydrogen) atoms. The van der Waals surface area contributed by atoms with E-state index in [0.717, 1.165) is 25.8 Å². The second-order valence-electron chi connectivity index (χ2n) is 5.94. The number of hydrogen-bond acceptors (Lipinski definition) is 1. The number of halogens is 1. The van der Waals surface area contributed by atoms with Crippen LogP contribution in [0.15, 0.2) is 0 Å². The molecule has 1 spiro atoms. The molecule has 0 unspecified atom stereocenters. The third-order valence-corrected chi connectivity index (χ3v) is 4.59. The van der Waals surface area contributed by atoms with E-state index in [1.54, 1.807) is 0 Å².